The van der Waals surface area contributed by atoms with E-state index in [2.05, 4.69) is 57.7 Å². The van der Waals surface area contributed by atoms with Gasteiger partial charge in [-0.25, -0.2) is 0 Å². The van der Waals surface area contributed by atoms with Gasteiger partial charge in [0.2, 0.25) is 5.91 Å². The number of halogens is 1. The highest BCUT2D eigenvalue weighted by atomic mass is 127. The van der Waals surface area contributed by atoms with Crippen LogP contribution in [0.15, 0.2) is 53.5 Å². The van der Waals surface area contributed by atoms with Crippen LogP contribution in [-0.4, -0.2) is 36.9 Å². The molecule has 148 valence electrons. The maximum absolute atomic E-state index is 12.0. The Hall–Kier alpha value is -2.09. The molecule has 2 heterocycles. The number of anilines is 1. The number of carbonyl (C=O) groups is 1. The molecule has 0 atom stereocenters. The standard InChI is InChI=1S/C22H26N4O.HI/c1-23-22(26-14-12-17-7-4-5-10-20(17)26)24-15-18-8-2-3-9-19(18)16-25-13-6-11-21(25)27;/h2-5,7-10H,6,11-16H2,1H3,(H,23,24);1H. The fourth-order valence-corrected chi connectivity index (χ4v) is 3.99. The number of nitrogens with zero attached hydrogens (tertiary/aromatic N) is 3. The van der Waals surface area contributed by atoms with Crippen molar-refractivity contribution in [1.82, 2.24) is 10.2 Å². The third-order valence-electron chi connectivity index (χ3n) is 5.44. The van der Waals surface area contributed by atoms with Gasteiger partial charge in [-0.3, -0.25) is 9.79 Å². The second kappa shape index (κ2) is 9.41. The fraction of sp³-hybridized carbons (Fsp3) is 0.364. The average molecular weight is 490 g/mol. The van der Waals surface area contributed by atoms with Crippen LogP contribution in [0.1, 0.15) is 29.5 Å². The number of para-hydroxylation sites is 1. The number of hydrogen-bond acceptors (Lipinski definition) is 2. The summed E-state index contributed by atoms with van der Waals surface area (Å²) in [7, 11) is 1.83. The Kier molecular flexibility index (Phi) is 6.93. The van der Waals surface area contributed by atoms with Crippen LogP contribution in [0.4, 0.5) is 5.69 Å². The molecule has 0 aliphatic carbocycles. The zero-order valence-corrected chi connectivity index (χ0v) is 18.6. The number of benzene rings is 2. The number of likely N-dealkylation sites (tertiary alicyclic amines) is 1. The first-order valence-electron chi connectivity index (χ1n) is 9.67. The van der Waals surface area contributed by atoms with Gasteiger partial charge < -0.3 is 15.1 Å². The molecule has 0 unspecified atom stereocenters. The smallest absolute Gasteiger partial charge is 0.222 e. The summed E-state index contributed by atoms with van der Waals surface area (Å²) >= 11 is 0. The largest absolute Gasteiger partial charge is 0.352 e. The Morgan fingerprint density at radius 3 is 2.54 bits per heavy atom. The molecule has 6 heteroatoms. The first kappa shape index (κ1) is 20.6. The van der Waals surface area contributed by atoms with Crippen molar-refractivity contribution in [2.24, 2.45) is 4.99 Å². The van der Waals surface area contributed by atoms with Crippen LogP contribution in [0, 0.1) is 0 Å². The van der Waals surface area contributed by atoms with E-state index in [9.17, 15) is 4.79 Å². The quantitative estimate of drug-likeness (QED) is 0.405. The second-order valence-corrected chi connectivity index (χ2v) is 7.12. The van der Waals surface area contributed by atoms with Gasteiger partial charge in [0.25, 0.3) is 0 Å². The summed E-state index contributed by atoms with van der Waals surface area (Å²) in [6, 6.07) is 16.9. The monoisotopic (exact) mass is 490 g/mol. The highest BCUT2D eigenvalue weighted by molar-refractivity contribution is 14.0. The van der Waals surface area contributed by atoms with Crippen molar-refractivity contribution in [2.45, 2.75) is 32.4 Å². The predicted molar refractivity (Wildman–Crippen MR) is 124 cm³/mol. The molecule has 2 aromatic rings. The van der Waals surface area contributed by atoms with E-state index in [-0.39, 0.29) is 29.9 Å². The summed E-state index contributed by atoms with van der Waals surface area (Å²) in [6.45, 7) is 3.21. The van der Waals surface area contributed by atoms with Crippen LogP contribution in [0.2, 0.25) is 0 Å². The minimum Gasteiger partial charge on any atom is -0.352 e. The lowest BCUT2D eigenvalue weighted by Gasteiger charge is -2.23. The lowest BCUT2D eigenvalue weighted by atomic mass is 10.1. The number of guanidine groups is 1. The van der Waals surface area contributed by atoms with Crippen molar-refractivity contribution < 1.29 is 4.79 Å². The molecular formula is C22H27IN4O. The molecule has 1 fully saturated rings. The van der Waals surface area contributed by atoms with E-state index >= 15 is 0 Å². The summed E-state index contributed by atoms with van der Waals surface area (Å²) in [6.07, 6.45) is 2.70. The predicted octanol–water partition coefficient (Wildman–Crippen LogP) is 3.57. The minimum absolute atomic E-state index is 0. The van der Waals surface area contributed by atoms with Gasteiger partial charge >= 0.3 is 0 Å². The van der Waals surface area contributed by atoms with Crippen molar-refractivity contribution in [3.05, 3.63) is 65.2 Å². The summed E-state index contributed by atoms with van der Waals surface area (Å²) in [5.41, 5.74) is 5.03. The van der Waals surface area contributed by atoms with E-state index in [1.54, 1.807) is 0 Å². The van der Waals surface area contributed by atoms with Crippen molar-refractivity contribution >= 4 is 41.5 Å². The summed E-state index contributed by atoms with van der Waals surface area (Å²) in [5, 5.41) is 3.52. The molecule has 2 aliphatic heterocycles. The lowest BCUT2D eigenvalue weighted by Crippen LogP contribution is -2.40. The van der Waals surface area contributed by atoms with Gasteiger partial charge in [-0.15, -0.1) is 24.0 Å². The first-order valence-corrected chi connectivity index (χ1v) is 9.67. The summed E-state index contributed by atoms with van der Waals surface area (Å²) in [4.78, 5) is 20.7. The van der Waals surface area contributed by atoms with E-state index in [0.717, 1.165) is 31.9 Å². The van der Waals surface area contributed by atoms with Crippen LogP contribution in [0.5, 0.6) is 0 Å². The Bertz CT molecular complexity index is 867. The van der Waals surface area contributed by atoms with Gasteiger partial charge in [-0.1, -0.05) is 42.5 Å². The molecule has 1 saturated heterocycles. The normalized spacial score (nSPS) is 16.2. The van der Waals surface area contributed by atoms with Crippen molar-refractivity contribution in [3.8, 4) is 0 Å². The molecule has 1 N–H and O–H groups in total. The van der Waals surface area contributed by atoms with Gasteiger partial charge in [-0.2, -0.15) is 0 Å². The number of fused-ring (bicyclic) bond motifs is 1. The van der Waals surface area contributed by atoms with Crippen LogP contribution >= 0.6 is 24.0 Å². The highest BCUT2D eigenvalue weighted by Gasteiger charge is 2.23. The zero-order chi connectivity index (χ0) is 18.6. The minimum atomic E-state index is 0. The van der Waals surface area contributed by atoms with Gasteiger partial charge in [0, 0.05) is 45.3 Å². The number of rotatable bonds is 4. The van der Waals surface area contributed by atoms with E-state index in [1.807, 2.05) is 18.0 Å². The average Bonchev–Trinajstić information content (AvgIpc) is 3.30. The number of nitrogens with one attached hydrogen (secondary N) is 1. The Labute approximate surface area is 183 Å². The first-order chi connectivity index (χ1) is 13.3. The number of amides is 1. The van der Waals surface area contributed by atoms with Gasteiger partial charge in [-0.05, 0) is 35.6 Å². The van der Waals surface area contributed by atoms with E-state index < -0.39 is 0 Å². The summed E-state index contributed by atoms with van der Waals surface area (Å²) < 4.78 is 0. The second-order valence-electron chi connectivity index (χ2n) is 7.12. The maximum atomic E-state index is 12.0. The zero-order valence-electron chi connectivity index (χ0n) is 16.2. The number of carbonyl (C=O) groups excluding carboxylic acids is 1. The van der Waals surface area contributed by atoms with Gasteiger partial charge in [0.15, 0.2) is 5.96 Å². The molecule has 0 spiro atoms. The third kappa shape index (κ3) is 4.32. The molecule has 0 radical (unpaired) electrons. The van der Waals surface area contributed by atoms with Crippen molar-refractivity contribution in [1.29, 1.82) is 0 Å². The van der Waals surface area contributed by atoms with Crippen LogP contribution in [-0.2, 0) is 24.3 Å². The molecule has 0 saturated carbocycles. The van der Waals surface area contributed by atoms with Crippen LogP contribution in [0.3, 0.4) is 0 Å². The number of aliphatic imine (C=N–C) groups is 1. The SMILES string of the molecule is CN=C(NCc1ccccc1CN1CCCC1=O)N1CCc2ccccc21.I. The molecule has 0 bridgehead atoms. The molecule has 5 nitrogen and oxygen atoms in total. The highest BCUT2D eigenvalue weighted by Crippen LogP contribution is 2.27. The maximum Gasteiger partial charge on any atom is 0.222 e. The van der Waals surface area contributed by atoms with E-state index in [1.165, 1.54) is 22.4 Å². The number of hydrogen-bond donors (Lipinski definition) is 1. The molecule has 2 aliphatic rings. The van der Waals surface area contributed by atoms with Gasteiger partial charge in [0.1, 0.15) is 0 Å². The van der Waals surface area contributed by atoms with Crippen LogP contribution < -0.4 is 10.2 Å². The summed E-state index contributed by atoms with van der Waals surface area (Å²) in [5.74, 6) is 1.16. The Morgan fingerprint density at radius 1 is 1.04 bits per heavy atom. The molecule has 4 rings (SSSR count). The van der Waals surface area contributed by atoms with Gasteiger partial charge in [0.05, 0.1) is 0 Å². The van der Waals surface area contributed by atoms with Crippen LogP contribution in [0.25, 0.3) is 0 Å². The topological polar surface area (TPSA) is 47.9 Å². The molecular weight excluding hydrogens is 463 g/mol. The van der Waals surface area contributed by atoms with Crippen molar-refractivity contribution in [3.63, 3.8) is 0 Å². The fourth-order valence-electron chi connectivity index (χ4n) is 3.99. The Balaban J connectivity index is 0.00000225. The van der Waals surface area contributed by atoms with E-state index in [0.29, 0.717) is 19.5 Å². The molecule has 0 aromatic heterocycles. The van der Waals surface area contributed by atoms with E-state index in [4.69, 9.17) is 0 Å². The van der Waals surface area contributed by atoms with Crippen molar-refractivity contribution in [2.75, 3.05) is 25.0 Å². The third-order valence-corrected chi connectivity index (χ3v) is 5.44. The molecule has 2 aromatic carbocycles. The molecule has 28 heavy (non-hydrogen) atoms. The molecule has 1 amide bonds. The lowest BCUT2D eigenvalue weighted by molar-refractivity contribution is -0.128. The Morgan fingerprint density at radius 2 is 1.79 bits per heavy atom.